The third kappa shape index (κ3) is 5.13. The highest BCUT2D eigenvalue weighted by atomic mass is 35.5. The first-order chi connectivity index (χ1) is 13.5. The average Bonchev–Trinajstić information content (AvgIpc) is 3.18. The van der Waals surface area contributed by atoms with Gasteiger partial charge < -0.3 is 25.3 Å². The first-order valence-corrected chi connectivity index (χ1v) is 9.22. The number of aliphatic hydroxyl groups is 1. The minimum absolute atomic E-state index is 0.133. The zero-order valence-corrected chi connectivity index (χ0v) is 15.8. The van der Waals surface area contributed by atoms with Crippen molar-refractivity contribution >= 4 is 23.3 Å². The first kappa shape index (κ1) is 19.9. The Balaban J connectivity index is 1.49. The number of carbonyl (C=O) groups is 1. The van der Waals surface area contributed by atoms with Gasteiger partial charge in [-0.25, -0.2) is 4.79 Å². The van der Waals surface area contributed by atoms with Gasteiger partial charge in [0.15, 0.2) is 0 Å². The van der Waals surface area contributed by atoms with Crippen LogP contribution in [-0.4, -0.2) is 35.8 Å². The van der Waals surface area contributed by atoms with Gasteiger partial charge in [-0.2, -0.15) is 0 Å². The molecule has 28 heavy (non-hydrogen) atoms. The maximum Gasteiger partial charge on any atom is 0.339 e. The van der Waals surface area contributed by atoms with E-state index in [1.165, 1.54) is 12.3 Å². The molecule has 0 bridgehead atoms. The van der Waals surface area contributed by atoms with E-state index in [0.29, 0.717) is 36.0 Å². The summed E-state index contributed by atoms with van der Waals surface area (Å²) in [5.41, 5.74) is 2.45. The van der Waals surface area contributed by atoms with Crippen molar-refractivity contribution in [3.63, 3.8) is 0 Å². The number of aromatic carboxylic acids is 1. The highest BCUT2D eigenvalue weighted by Crippen LogP contribution is 2.27. The van der Waals surface area contributed by atoms with Crippen molar-refractivity contribution in [1.82, 2.24) is 5.32 Å². The lowest BCUT2D eigenvalue weighted by Crippen LogP contribution is -2.26. The molecule has 146 valence electrons. The third-order valence-electron chi connectivity index (χ3n) is 4.22. The Kier molecular flexibility index (Phi) is 6.71. The molecule has 0 saturated carbocycles. The van der Waals surface area contributed by atoms with Crippen LogP contribution in [-0.2, 0) is 0 Å². The largest absolute Gasteiger partial charge is 0.478 e. The van der Waals surface area contributed by atoms with Crippen LogP contribution in [0.5, 0.6) is 0 Å². The standard InChI is InChI=1S/C21H21ClN2O4/c22-16-5-1-3-14(11-16)19(25)13-23-8-9-24-17-6-2-4-15(12-17)20-18(21(26)27)7-10-28-20/h1-7,10-12,19,23-25H,8-9,13H2,(H,26,27)/t19-/m1/s1. The van der Waals surface area contributed by atoms with E-state index in [9.17, 15) is 15.0 Å². The molecular weight excluding hydrogens is 380 g/mol. The second-order valence-electron chi connectivity index (χ2n) is 6.25. The van der Waals surface area contributed by atoms with Crippen molar-refractivity contribution in [2.45, 2.75) is 6.10 Å². The van der Waals surface area contributed by atoms with Gasteiger partial charge in [-0.1, -0.05) is 35.9 Å². The van der Waals surface area contributed by atoms with E-state index in [-0.39, 0.29) is 5.56 Å². The lowest BCUT2D eigenvalue weighted by Gasteiger charge is -2.13. The SMILES string of the molecule is O=C(O)c1ccoc1-c1cccc(NCCNC[C@@H](O)c2cccc(Cl)c2)c1. The second kappa shape index (κ2) is 9.41. The Labute approximate surface area is 167 Å². The zero-order valence-electron chi connectivity index (χ0n) is 15.1. The summed E-state index contributed by atoms with van der Waals surface area (Å²) in [6.45, 7) is 1.69. The molecule has 0 amide bonds. The Morgan fingerprint density at radius 3 is 2.71 bits per heavy atom. The maximum atomic E-state index is 11.2. The van der Waals surface area contributed by atoms with Gasteiger partial charge in [-0.3, -0.25) is 0 Å². The minimum Gasteiger partial charge on any atom is -0.478 e. The van der Waals surface area contributed by atoms with E-state index in [0.717, 1.165) is 11.3 Å². The number of nitrogens with one attached hydrogen (secondary N) is 2. The third-order valence-corrected chi connectivity index (χ3v) is 4.46. The molecule has 2 aromatic carbocycles. The number of carboxylic acids is 1. The van der Waals surface area contributed by atoms with Crippen LogP contribution >= 0.6 is 11.6 Å². The molecule has 0 unspecified atom stereocenters. The van der Waals surface area contributed by atoms with Crippen LogP contribution in [0.15, 0.2) is 65.3 Å². The Bertz CT molecular complexity index is 941. The van der Waals surface area contributed by atoms with Crippen LogP contribution in [0.2, 0.25) is 5.02 Å². The van der Waals surface area contributed by atoms with Crippen LogP contribution in [0.4, 0.5) is 5.69 Å². The summed E-state index contributed by atoms with van der Waals surface area (Å²) < 4.78 is 5.33. The number of anilines is 1. The topological polar surface area (TPSA) is 94.7 Å². The zero-order chi connectivity index (χ0) is 19.9. The monoisotopic (exact) mass is 400 g/mol. The number of hydrogen-bond acceptors (Lipinski definition) is 5. The summed E-state index contributed by atoms with van der Waals surface area (Å²) in [4.78, 5) is 11.2. The highest BCUT2D eigenvalue weighted by Gasteiger charge is 2.15. The molecule has 0 aliphatic rings. The number of furan rings is 1. The summed E-state index contributed by atoms with van der Waals surface area (Å²) in [5, 5.41) is 26.4. The molecular formula is C21H21ClN2O4. The van der Waals surface area contributed by atoms with Gasteiger partial charge >= 0.3 is 5.97 Å². The first-order valence-electron chi connectivity index (χ1n) is 8.84. The molecule has 0 aliphatic heterocycles. The fourth-order valence-corrected chi connectivity index (χ4v) is 3.04. The number of rotatable bonds is 9. The van der Waals surface area contributed by atoms with Crippen molar-refractivity contribution in [3.8, 4) is 11.3 Å². The number of aliphatic hydroxyl groups excluding tert-OH is 1. The van der Waals surface area contributed by atoms with Gasteiger partial charge in [-0.05, 0) is 35.9 Å². The second-order valence-corrected chi connectivity index (χ2v) is 6.69. The molecule has 0 aliphatic carbocycles. The van der Waals surface area contributed by atoms with E-state index in [2.05, 4.69) is 10.6 Å². The fourth-order valence-electron chi connectivity index (χ4n) is 2.84. The lowest BCUT2D eigenvalue weighted by atomic mass is 10.1. The molecule has 0 spiro atoms. The molecule has 0 saturated heterocycles. The number of hydrogen-bond donors (Lipinski definition) is 4. The molecule has 4 N–H and O–H groups in total. The average molecular weight is 401 g/mol. The van der Waals surface area contributed by atoms with Gasteiger partial charge in [0.1, 0.15) is 11.3 Å². The smallest absolute Gasteiger partial charge is 0.339 e. The van der Waals surface area contributed by atoms with Crippen molar-refractivity contribution in [2.24, 2.45) is 0 Å². The fraction of sp³-hybridized carbons (Fsp3) is 0.190. The van der Waals surface area contributed by atoms with Crippen LogP contribution in [0.3, 0.4) is 0 Å². The Morgan fingerprint density at radius 2 is 1.93 bits per heavy atom. The molecule has 3 rings (SSSR count). The summed E-state index contributed by atoms with van der Waals surface area (Å²) in [5.74, 6) is -0.691. The predicted molar refractivity (Wildman–Crippen MR) is 109 cm³/mol. The highest BCUT2D eigenvalue weighted by molar-refractivity contribution is 6.30. The van der Waals surface area contributed by atoms with Crippen molar-refractivity contribution in [2.75, 3.05) is 25.0 Å². The van der Waals surface area contributed by atoms with Crippen molar-refractivity contribution < 1.29 is 19.4 Å². The molecule has 0 fully saturated rings. The van der Waals surface area contributed by atoms with Gasteiger partial charge in [-0.15, -0.1) is 0 Å². The van der Waals surface area contributed by atoms with Crippen LogP contribution in [0.1, 0.15) is 22.0 Å². The van der Waals surface area contributed by atoms with Gasteiger partial charge in [0.2, 0.25) is 0 Å². The van der Waals surface area contributed by atoms with Crippen molar-refractivity contribution in [3.05, 3.63) is 77.0 Å². The van der Waals surface area contributed by atoms with Crippen molar-refractivity contribution in [1.29, 1.82) is 0 Å². The molecule has 0 radical (unpaired) electrons. The quantitative estimate of drug-likeness (QED) is 0.405. The van der Waals surface area contributed by atoms with Crippen LogP contribution in [0.25, 0.3) is 11.3 Å². The molecule has 6 nitrogen and oxygen atoms in total. The molecule has 7 heteroatoms. The Hall–Kier alpha value is -2.80. The molecule has 1 heterocycles. The number of halogens is 1. The number of benzene rings is 2. The summed E-state index contributed by atoms with van der Waals surface area (Å²) >= 11 is 5.94. The predicted octanol–water partition coefficient (Wildman–Crippen LogP) is 4.03. The van der Waals surface area contributed by atoms with Gasteiger partial charge in [0, 0.05) is 35.9 Å². The van der Waals surface area contributed by atoms with Gasteiger partial charge in [0.05, 0.1) is 12.4 Å². The van der Waals surface area contributed by atoms with Crippen LogP contribution < -0.4 is 10.6 Å². The van der Waals surface area contributed by atoms with Gasteiger partial charge in [0.25, 0.3) is 0 Å². The molecule has 1 atom stereocenters. The summed E-state index contributed by atoms with van der Waals surface area (Å²) in [6.07, 6.45) is 0.740. The minimum atomic E-state index is -1.02. The van der Waals surface area contributed by atoms with E-state index in [1.807, 2.05) is 30.3 Å². The summed E-state index contributed by atoms with van der Waals surface area (Å²) in [7, 11) is 0. The maximum absolute atomic E-state index is 11.2. The van der Waals surface area contributed by atoms with E-state index >= 15 is 0 Å². The van der Waals surface area contributed by atoms with E-state index in [1.54, 1.807) is 18.2 Å². The number of carboxylic acid groups (broad SMARTS) is 1. The Morgan fingerprint density at radius 1 is 1.11 bits per heavy atom. The van der Waals surface area contributed by atoms with E-state index < -0.39 is 12.1 Å². The summed E-state index contributed by atoms with van der Waals surface area (Å²) in [6, 6.07) is 16.0. The molecule has 3 aromatic rings. The molecule has 1 aromatic heterocycles. The normalized spacial score (nSPS) is 11.9. The van der Waals surface area contributed by atoms with Crippen LogP contribution in [0, 0.1) is 0 Å². The lowest BCUT2D eigenvalue weighted by molar-refractivity contribution is 0.0697. The van der Waals surface area contributed by atoms with E-state index in [4.69, 9.17) is 16.0 Å².